The first kappa shape index (κ1) is 30.9. The van der Waals surface area contributed by atoms with Gasteiger partial charge in [0.2, 0.25) is 0 Å². The summed E-state index contributed by atoms with van der Waals surface area (Å²) in [7, 11) is 1.65. The van der Waals surface area contributed by atoms with Crippen LogP contribution in [0.5, 0.6) is 11.5 Å². The first-order valence-corrected chi connectivity index (χ1v) is 16.1. The maximum atomic E-state index is 14.3. The molecular formula is C32H35Cl2IN4O3. The molecule has 1 saturated heterocycles. The van der Waals surface area contributed by atoms with E-state index in [1.165, 1.54) is 0 Å². The lowest BCUT2D eigenvalue weighted by Crippen LogP contribution is -2.62. The van der Waals surface area contributed by atoms with E-state index in [2.05, 4.69) is 65.6 Å². The number of amides is 1. The second kappa shape index (κ2) is 12.2. The smallest absolute Gasteiger partial charge is 0.254 e. The molecular weight excluding hydrogens is 686 g/mol. The number of imidazole rings is 1. The van der Waals surface area contributed by atoms with Gasteiger partial charge < -0.3 is 24.7 Å². The Balaban J connectivity index is 1.47. The molecule has 0 unspecified atom stereocenters. The number of aromatic nitrogens is 2. The summed E-state index contributed by atoms with van der Waals surface area (Å²) >= 11 is 14.5. The van der Waals surface area contributed by atoms with Crippen LogP contribution in [0.1, 0.15) is 56.5 Å². The van der Waals surface area contributed by atoms with Gasteiger partial charge >= 0.3 is 0 Å². The highest BCUT2D eigenvalue weighted by molar-refractivity contribution is 14.1. The number of ether oxygens (including phenoxy) is 2. The summed E-state index contributed by atoms with van der Waals surface area (Å²) in [6.07, 6.45) is 1.64. The van der Waals surface area contributed by atoms with Crippen molar-refractivity contribution in [1.82, 2.24) is 20.2 Å². The first-order valence-electron chi connectivity index (χ1n) is 13.8. The minimum atomic E-state index is -0.135. The van der Waals surface area contributed by atoms with Gasteiger partial charge in [0.15, 0.2) is 0 Å². The average molecular weight is 721 g/mol. The summed E-state index contributed by atoms with van der Waals surface area (Å²) in [6, 6.07) is 16.9. The molecule has 2 heterocycles. The van der Waals surface area contributed by atoms with E-state index >= 15 is 0 Å². The van der Waals surface area contributed by atoms with Gasteiger partial charge in [-0.25, -0.2) is 4.98 Å². The number of benzene rings is 3. The molecule has 1 aliphatic rings. The lowest BCUT2D eigenvalue weighted by atomic mass is 9.78. The van der Waals surface area contributed by atoms with Crippen molar-refractivity contribution in [2.45, 2.75) is 64.2 Å². The van der Waals surface area contributed by atoms with Gasteiger partial charge in [0.1, 0.15) is 21.9 Å². The fraction of sp³-hybridized carbons (Fsp3) is 0.375. The molecule has 1 aliphatic heterocycles. The quantitative estimate of drug-likeness (QED) is 0.142. The fourth-order valence-corrected chi connectivity index (χ4v) is 6.81. The zero-order chi connectivity index (χ0) is 30.2. The molecule has 0 radical (unpaired) electrons. The van der Waals surface area contributed by atoms with Gasteiger partial charge in [0.25, 0.3) is 5.91 Å². The highest BCUT2D eigenvalue weighted by atomic mass is 127. The third kappa shape index (κ3) is 6.82. The van der Waals surface area contributed by atoms with Crippen LogP contribution in [0.15, 0.2) is 54.6 Å². The number of piperidine rings is 1. The maximum Gasteiger partial charge on any atom is 0.254 e. The van der Waals surface area contributed by atoms with E-state index in [0.717, 1.165) is 40.8 Å². The van der Waals surface area contributed by atoms with E-state index in [0.29, 0.717) is 38.3 Å². The standard InChI is InChI=1S/C32H35Cl2IN4O3/c1-31(2)15-22(16-32(3,4)38-31)39(17-21-10-11-23(42-18-35)12-28(21)41-5)30(40)20-8-6-19(7-9-20)29-36-26-13-24(33)25(34)14-27(26)37-29/h6-14,22,38H,15-18H2,1-5H3,(H,36,37). The number of rotatable bonds is 8. The predicted molar refractivity (Wildman–Crippen MR) is 178 cm³/mol. The Morgan fingerprint density at radius 1 is 1.02 bits per heavy atom. The largest absolute Gasteiger partial charge is 0.496 e. The minimum Gasteiger partial charge on any atom is -0.496 e. The van der Waals surface area contributed by atoms with Gasteiger partial charge in [-0.15, -0.1) is 0 Å². The van der Waals surface area contributed by atoms with Gasteiger partial charge in [0, 0.05) is 46.4 Å². The molecule has 4 aromatic rings. The van der Waals surface area contributed by atoms with E-state index in [1.807, 2.05) is 47.4 Å². The van der Waals surface area contributed by atoms with Crippen LogP contribution >= 0.6 is 45.8 Å². The number of carbonyl (C=O) groups excluding carboxylic acids is 1. The molecule has 3 aromatic carbocycles. The van der Waals surface area contributed by atoms with E-state index in [9.17, 15) is 4.79 Å². The van der Waals surface area contributed by atoms with E-state index in [4.69, 9.17) is 32.7 Å². The zero-order valence-electron chi connectivity index (χ0n) is 24.4. The van der Waals surface area contributed by atoms with Crippen molar-refractivity contribution in [2.24, 2.45) is 0 Å². The van der Waals surface area contributed by atoms with Crippen LogP contribution in [0, 0.1) is 0 Å². The number of carbonyl (C=O) groups is 1. The molecule has 42 heavy (non-hydrogen) atoms. The first-order chi connectivity index (χ1) is 19.9. The number of aromatic amines is 1. The molecule has 0 spiro atoms. The van der Waals surface area contributed by atoms with Crippen LogP contribution in [0.25, 0.3) is 22.4 Å². The number of alkyl halides is 1. The number of nitrogens with zero attached hydrogens (tertiary/aromatic N) is 2. The van der Waals surface area contributed by atoms with Crippen molar-refractivity contribution >= 4 is 62.7 Å². The van der Waals surface area contributed by atoms with Crippen LogP contribution in [0.4, 0.5) is 0 Å². The number of methoxy groups -OCH3 is 1. The van der Waals surface area contributed by atoms with Crippen LogP contribution in [0.3, 0.4) is 0 Å². The third-order valence-corrected chi connectivity index (χ3v) is 8.65. The predicted octanol–water partition coefficient (Wildman–Crippen LogP) is 8.27. The number of hydrogen-bond donors (Lipinski definition) is 2. The molecule has 7 nitrogen and oxygen atoms in total. The Labute approximate surface area is 270 Å². The van der Waals surface area contributed by atoms with Crippen molar-refractivity contribution in [3.05, 3.63) is 75.8 Å². The van der Waals surface area contributed by atoms with E-state index < -0.39 is 0 Å². The Hall–Kier alpha value is -2.53. The molecule has 222 valence electrons. The van der Waals surface area contributed by atoms with Gasteiger partial charge in [-0.3, -0.25) is 4.79 Å². The number of nitrogens with one attached hydrogen (secondary N) is 2. The van der Waals surface area contributed by atoms with Gasteiger partial charge in [-0.05, 0) is 99.5 Å². The monoisotopic (exact) mass is 720 g/mol. The topological polar surface area (TPSA) is 79.5 Å². The lowest BCUT2D eigenvalue weighted by Gasteiger charge is -2.49. The summed E-state index contributed by atoms with van der Waals surface area (Å²) < 4.78 is 11.9. The number of hydrogen-bond acceptors (Lipinski definition) is 5. The summed E-state index contributed by atoms with van der Waals surface area (Å²) in [5.41, 5.74) is 3.65. The maximum absolute atomic E-state index is 14.3. The van der Waals surface area contributed by atoms with Crippen LogP contribution in [-0.2, 0) is 6.54 Å². The molecule has 0 aliphatic carbocycles. The molecule has 1 amide bonds. The Morgan fingerprint density at radius 3 is 2.33 bits per heavy atom. The highest BCUT2D eigenvalue weighted by Crippen LogP contribution is 2.35. The zero-order valence-corrected chi connectivity index (χ0v) is 28.0. The molecule has 0 atom stereocenters. The molecule has 1 fully saturated rings. The van der Waals surface area contributed by atoms with Gasteiger partial charge in [-0.1, -0.05) is 35.3 Å². The number of fused-ring (bicyclic) bond motifs is 1. The average Bonchev–Trinajstić information content (AvgIpc) is 3.33. The SMILES string of the molecule is COc1cc(OCI)ccc1CN(C(=O)c1ccc(-c2nc3cc(Cl)c(Cl)cc3[nH]2)cc1)C1CC(C)(C)NC(C)(C)C1. The molecule has 5 rings (SSSR count). The van der Waals surface area contributed by atoms with Crippen molar-refractivity contribution < 1.29 is 14.3 Å². The molecule has 0 bridgehead atoms. The number of H-pyrrole nitrogens is 1. The summed E-state index contributed by atoms with van der Waals surface area (Å²) in [4.78, 5) is 24.3. The minimum absolute atomic E-state index is 0.0169. The van der Waals surface area contributed by atoms with Crippen molar-refractivity contribution in [2.75, 3.05) is 11.7 Å². The highest BCUT2D eigenvalue weighted by Gasteiger charge is 2.41. The van der Waals surface area contributed by atoms with Gasteiger partial charge in [-0.2, -0.15) is 0 Å². The van der Waals surface area contributed by atoms with Crippen LogP contribution in [-0.4, -0.2) is 49.6 Å². The van der Waals surface area contributed by atoms with Crippen molar-refractivity contribution in [3.63, 3.8) is 0 Å². The fourth-order valence-electron chi connectivity index (χ4n) is 6.13. The lowest BCUT2D eigenvalue weighted by molar-refractivity contribution is 0.0417. The van der Waals surface area contributed by atoms with Crippen LogP contribution in [0.2, 0.25) is 10.0 Å². The molecule has 0 saturated carbocycles. The molecule has 10 heteroatoms. The van der Waals surface area contributed by atoms with Crippen LogP contribution < -0.4 is 14.8 Å². The second-order valence-corrected chi connectivity index (χ2v) is 13.5. The summed E-state index contributed by atoms with van der Waals surface area (Å²) in [5, 5.41) is 4.66. The van der Waals surface area contributed by atoms with Crippen molar-refractivity contribution in [1.29, 1.82) is 0 Å². The summed E-state index contributed by atoms with van der Waals surface area (Å²) in [5.74, 6) is 2.08. The normalized spacial score (nSPS) is 16.4. The van der Waals surface area contributed by atoms with E-state index in [-0.39, 0.29) is 23.0 Å². The molecule has 1 aromatic heterocycles. The Kier molecular flexibility index (Phi) is 9.00. The number of halogens is 3. The van der Waals surface area contributed by atoms with E-state index in [1.54, 1.807) is 19.2 Å². The Morgan fingerprint density at radius 2 is 1.69 bits per heavy atom. The summed E-state index contributed by atoms with van der Waals surface area (Å²) in [6.45, 7) is 9.20. The van der Waals surface area contributed by atoms with Crippen molar-refractivity contribution in [3.8, 4) is 22.9 Å². The second-order valence-electron chi connectivity index (χ2n) is 12.1. The van der Waals surface area contributed by atoms with Gasteiger partial charge in [0.05, 0.1) is 28.2 Å². The molecule has 2 N–H and O–H groups in total. The third-order valence-electron chi connectivity index (χ3n) is 7.62. The Bertz CT molecular complexity index is 1550.